The Morgan fingerprint density at radius 3 is 2.48 bits per heavy atom. The number of imide groups is 1. The molecule has 0 aromatic carbocycles. The topological polar surface area (TPSA) is 95.6 Å². The van der Waals surface area contributed by atoms with Crippen LogP contribution >= 0.6 is 0 Å². The average Bonchev–Trinajstić information content (AvgIpc) is 2.34. The molecule has 0 saturated carbocycles. The molecule has 7 heteroatoms. The molecule has 2 N–H and O–H groups in total. The molecule has 1 fully saturated rings. The van der Waals surface area contributed by atoms with Gasteiger partial charge in [-0.2, -0.15) is 0 Å². The first-order chi connectivity index (χ1) is 9.76. The number of ketones is 1. The van der Waals surface area contributed by atoms with Gasteiger partial charge in [0.05, 0.1) is 25.2 Å². The fraction of sp³-hybridized carbons (Fsp3) is 0.714. The Morgan fingerprint density at radius 1 is 1.38 bits per heavy atom. The molecule has 2 atom stereocenters. The normalized spacial score (nSPS) is 21.1. The Balaban J connectivity index is 2.69. The summed E-state index contributed by atoms with van der Waals surface area (Å²) >= 11 is 0. The number of Topliss-reactive ketones (excluding diaryl/α,β-unsaturated/α-hetero) is 1. The van der Waals surface area contributed by atoms with Crippen LogP contribution in [0.4, 0.5) is 0 Å². The zero-order valence-corrected chi connectivity index (χ0v) is 12.9. The third-order valence-corrected chi connectivity index (χ3v) is 3.51. The first kappa shape index (κ1) is 17.3. The minimum atomic E-state index is -0.549. The van der Waals surface area contributed by atoms with E-state index in [1.165, 1.54) is 11.8 Å². The highest BCUT2D eigenvalue weighted by molar-refractivity contribution is 6.01. The zero-order chi connectivity index (χ0) is 16.2. The Kier molecular flexibility index (Phi) is 6.02. The number of carbonyl (C=O) groups is 4. The lowest BCUT2D eigenvalue weighted by Gasteiger charge is -2.33. The summed E-state index contributed by atoms with van der Waals surface area (Å²) in [7, 11) is 0. The second kappa shape index (κ2) is 7.31. The molecule has 1 aliphatic rings. The van der Waals surface area contributed by atoms with Crippen molar-refractivity contribution in [1.82, 2.24) is 15.5 Å². The predicted octanol–water partition coefficient (Wildman–Crippen LogP) is -0.547. The van der Waals surface area contributed by atoms with Crippen molar-refractivity contribution in [2.24, 2.45) is 5.92 Å². The number of rotatable bonds is 6. The molecule has 2 unspecified atom stereocenters. The molecule has 1 saturated heterocycles. The van der Waals surface area contributed by atoms with Gasteiger partial charge in [0, 0.05) is 0 Å². The van der Waals surface area contributed by atoms with E-state index in [9.17, 15) is 19.2 Å². The van der Waals surface area contributed by atoms with Gasteiger partial charge in [-0.1, -0.05) is 20.8 Å². The number of nitrogens with one attached hydrogen (secondary N) is 2. The van der Waals surface area contributed by atoms with Gasteiger partial charge in [0.1, 0.15) is 0 Å². The Morgan fingerprint density at radius 2 is 2.00 bits per heavy atom. The maximum absolute atomic E-state index is 12.1. The van der Waals surface area contributed by atoms with Gasteiger partial charge in [0.2, 0.25) is 17.7 Å². The number of nitrogens with zero attached hydrogens (tertiary/aromatic N) is 1. The number of piperazine rings is 1. The molecule has 0 bridgehead atoms. The molecule has 1 heterocycles. The van der Waals surface area contributed by atoms with E-state index in [1.54, 1.807) is 0 Å². The van der Waals surface area contributed by atoms with Gasteiger partial charge in [-0.05, 0) is 19.3 Å². The molecule has 0 spiro atoms. The minimum Gasteiger partial charge on any atom is -0.345 e. The van der Waals surface area contributed by atoms with Gasteiger partial charge in [-0.3, -0.25) is 29.4 Å². The van der Waals surface area contributed by atoms with Crippen molar-refractivity contribution in [3.8, 4) is 0 Å². The third kappa shape index (κ3) is 4.63. The van der Waals surface area contributed by atoms with Crippen molar-refractivity contribution in [2.75, 3.05) is 13.1 Å². The summed E-state index contributed by atoms with van der Waals surface area (Å²) in [5, 5.41) is 4.92. The summed E-state index contributed by atoms with van der Waals surface area (Å²) in [6.45, 7) is 6.87. The van der Waals surface area contributed by atoms with Crippen molar-refractivity contribution in [3.63, 3.8) is 0 Å². The fourth-order valence-corrected chi connectivity index (χ4v) is 2.47. The number of amides is 3. The summed E-state index contributed by atoms with van der Waals surface area (Å²) in [5.74, 6) is -1.28. The second-order valence-corrected chi connectivity index (χ2v) is 5.64. The summed E-state index contributed by atoms with van der Waals surface area (Å²) in [6.07, 6.45) is 0.507. The minimum absolute atomic E-state index is 0.00405. The van der Waals surface area contributed by atoms with Crippen molar-refractivity contribution in [2.45, 2.75) is 46.2 Å². The maximum atomic E-state index is 12.1. The summed E-state index contributed by atoms with van der Waals surface area (Å²) in [5.41, 5.74) is 0. The van der Waals surface area contributed by atoms with Crippen LogP contribution in [-0.2, 0) is 19.2 Å². The lowest BCUT2D eigenvalue weighted by atomic mass is 10.0. The van der Waals surface area contributed by atoms with Crippen molar-refractivity contribution < 1.29 is 19.2 Å². The molecule has 21 heavy (non-hydrogen) atoms. The second-order valence-electron chi connectivity index (χ2n) is 5.64. The summed E-state index contributed by atoms with van der Waals surface area (Å²) in [4.78, 5) is 48.2. The van der Waals surface area contributed by atoms with E-state index in [1.807, 2.05) is 20.8 Å². The number of carbonyl (C=O) groups excluding carboxylic acids is 4. The molecule has 0 aliphatic carbocycles. The summed E-state index contributed by atoms with van der Waals surface area (Å²) < 4.78 is 0. The molecule has 1 rings (SSSR count). The monoisotopic (exact) mass is 297 g/mol. The number of hydrogen-bond acceptors (Lipinski definition) is 5. The Hall–Kier alpha value is -1.76. The van der Waals surface area contributed by atoms with Crippen LogP contribution in [0.25, 0.3) is 0 Å². The maximum Gasteiger partial charge on any atom is 0.243 e. The van der Waals surface area contributed by atoms with E-state index in [2.05, 4.69) is 10.6 Å². The third-order valence-electron chi connectivity index (χ3n) is 3.51. The standard InChI is InChI=1S/C14H23N3O4/c1-5-10-14(21)16-12(20)7-17(10)6-11(19)15-13(8(2)3)9(4)18/h8,10,13H,5-7H2,1-4H3,(H,15,19)(H,16,20,21). The van der Waals surface area contributed by atoms with Crippen LogP contribution in [0, 0.1) is 5.92 Å². The molecular formula is C14H23N3O4. The number of hydrogen-bond donors (Lipinski definition) is 2. The highest BCUT2D eigenvalue weighted by atomic mass is 16.2. The van der Waals surface area contributed by atoms with E-state index in [4.69, 9.17) is 0 Å². The van der Waals surface area contributed by atoms with Gasteiger partial charge >= 0.3 is 0 Å². The van der Waals surface area contributed by atoms with E-state index in [-0.39, 0.29) is 36.6 Å². The Labute approximate surface area is 124 Å². The first-order valence-electron chi connectivity index (χ1n) is 7.13. The lowest BCUT2D eigenvalue weighted by Crippen LogP contribution is -2.60. The average molecular weight is 297 g/mol. The van der Waals surface area contributed by atoms with Crippen LogP contribution < -0.4 is 10.6 Å². The summed E-state index contributed by atoms with van der Waals surface area (Å²) in [6, 6.07) is -1.05. The van der Waals surface area contributed by atoms with Crippen molar-refractivity contribution in [1.29, 1.82) is 0 Å². The Bertz CT molecular complexity index is 448. The quantitative estimate of drug-likeness (QED) is 0.642. The SMILES string of the molecule is CCC1C(=O)NC(=O)CN1CC(=O)NC(C(C)=O)C(C)C. The van der Waals surface area contributed by atoms with E-state index in [0.29, 0.717) is 6.42 Å². The van der Waals surface area contributed by atoms with Crippen LogP contribution in [-0.4, -0.2) is 53.6 Å². The van der Waals surface area contributed by atoms with Crippen LogP contribution in [0.3, 0.4) is 0 Å². The van der Waals surface area contributed by atoms with Crippen LogP contribution in [0.5, 0.6) is 0 Å². The molecule has 3 amide bonds. The van der Waals surface area contributed by atoms with Crippen LogP contribution in [0.15, 0.2) is 0 Å². The fourth-order valence-electron chi connectivity index (χ4n) is 2.47. The predicted molar refractivity (Wildman–Crippen MR) is 76.3 cm³/mol. The molecule has 1 aliphatic heterocycles. The molecule has 7 nitrogen and oxygen atoms in total. The van der Waals surface area contributed by atoms with E-state index in [0.717, 1.165) is 0 Å². The molecule has 0 aromatic rings. The molecule has 118 valence electrons. The lowest BCUT2D eigenvalue weighted by molar-refractivity contribution is -0.141. The highest BCUT2D eigenvalue weighted by Gasteiger charge is 2.34. The van der Waals surface area contributed by atoms with Gasteiger partial charge in [-0.15, -0.1) is 0 Å². The molecular weight excluding hydrogens is 274 g/mol. The van der Waals surface area contributed by atoms with Crippen molar-refractivity contribution in [3.05, 3.63) is 0 Å². The molecule has 0 aromatic heterocycles. The zero-order valence-electron chi connectivity index (χ0n) is 12.9. The van der Waals surface area contributed by atoms with E-state index < -0.39 is 18.0 Å². The van der Waals surface area contributed by atoms with Gasteiger partial charge in [0.15, 0.2) is 5.78 Å². The molecule has 0 radical (unpaired) electrons. The van der Waals surface area contributed by atoms with E-state index >= 15 is 0 Å². The van der Waals surface area contributed by atoms with Crippen LogP contribution in [0.2, 0.25) is 0 Å². The first-order valence-corrected chi connectivity index (χ1v) is 7.13. The van der Waals surface area contributed by atoms with Gasteiger partial charge in [-0.25, -0.2) is 0 Å². The largest absolute Gasteiger partial charge is 0.345 e. The van der Waals surface area contributed by atoms with Crippen molar-refractivity contribution >= 4 is 23.5 Å². The highest BCUT2D eigenvalue weighted by Crippen LogP contribution is 2.09. The van der Waals surface area contributed by atoms with Crippen LogP contribution in [0.1, 0.15) is 34.1 Å². The van der Waals surface area contributed by atoms with Gasteiger partial charge < -0.3 is 5.32 Å². The smallest absolute Gasteiger partial charge is 0.243 e. The van der Waals surface area contributed by atoms with Gasteiger partial charge in [0.25, 0.3) is 0 Å².